The lowest BCUT2D eigenvalue weighted by Gasteiger charge is -2.25. The molecule has 2 N–H and O–H groups in total. The van der Waals surface area contributed by atoms with Gasteiger partial charge in [0, 0.05) is 24.3 Å². The Hall–Kier alpha value is -1.95. The zero-order valence-corrected chi connectivity index (χ0v) is 12.1. The number of carbonyl (C=O) groups is 2. The molecule has 0 aliphatic heterocycles. The van der Waals surface area contributed by atoms with Crippen LogP contribution in [0.2, 0.25) is 0 Å². The van der Waals surface area contributed by atoms with Crippen LogP contribution in [0.1, 0.15) is 36.8 Å². The monoisotopic (exact) mass is 279 g/mol. The first-order chi connectivity index (χ1) is 9.49. The van der Waals surface area contributed by atoms with Crippen molar-refractivity contribution in [3.05, 3.63) is 29.6 Å². The van der Waals surface area contributed by atoms with Gasteiger partial charge in [0.2, 0.25) is 0 Å². The predicted molar refractivity (Wildman–Crippen MR) is 74.9 cm³/mol. The molecule has 0 spiro atoms. The number of hydrogen-bond acceptors (Lipinski definition) is 5. The van der Waals surface area contributed by atoms with Crippen molar-refractivity contribution in [2.24, 2.45) is 5.73 Å². The number of aromatic nitrogens is 1. The summed E-state index contributed by atoms with van der Waals surface area (Å²) in [6.45, 7) is 5.93. The molecule has 6 heteroatoms. The van der Waals surface area contributed by atoms with Gasteiger partial charge in [-0.15, -0.1) is 0 Å². The molecule has 110 valence electrons. The molecule has 1 rings (SSSR count). The maximum absolute atomic E-state index is 12.4. The first kappa shape index (κ1) is 16.1. The highest BCUT2D eigenvalue weighted by atomic mass is 16.5. The molecule has 0 atom stereocenters. The van der Waals surface area contributed by atoms with Gasteiger partial charge < -0.3 is 15.4 Å². The van der Waals surface area contributed by atoms with E-state index in [-0.39, 0.29) is 25.0 Å². The van der Waals surface area contributed by atoms with E-state index in [2.05, 4.69) is 4.98 Å². The van der Waals surface area contributed by atoms with Gasteiger partial charge >= 0.3 is 5.97 Å². The lowest BCUT2D eigenvalue weighted by molar-refractivity contribution is -0.144. The molecule has 0 bridgehead atoms. The van der Waals surface area contributed by atoms with Crippen LogP contribution in [0, 0.1) is 0 Å². The zero-order valence-electron chi connectivity index (χ0n) is 12.1. The molecule has 0 saturated carbocycles. The quantitative estimate of drug-likeness (QED) is 0.784. The summed E-state index contributed by atoms with van der Waals surface area (Å²) < 4.78 is 4.89. The molecular formula is C14H21N3O3. The number of nitrogens with zero attached hydrogens (tertiary/aromatic N) is 2. The van der Waals surface area contributed by atoms with E-state index in [0.717, 1.165) is 0 Å². The topological polar surface area (TPSA) is 85.5 Å². The van der Waals surface area contributed by atoms with Crippen molar-refractivity contribution in [2.45, 2.75) is 33.4 Å². The van der Waals surface area contributed by atoms with Gasteiger partial charge in [0.1, 0.15) is 6.54 Å². The van der Waals surface area contributed by atoms with Crippen molar-refractivity contribution in [3.63, 3.8) is 0 Å². The number of pyridine rings is 1. The fraction of sp³-hybridized carbons (Fsp3) is 0.500. The lowest BCUT2D eigenvalue weighted by Crippen LogP contribution is -2.41. The second kappa shape index (κ2) is 7.59. The summed E-state index contributed by atoms with van der Waals surface area (Å²) in [5, 5.41) is 0. The number of esters is 1. The fourth-order valence-electron chi connectivity index (χ4n) is 1.72. The van der Waals surface area contributed by atoms with E-state index in [4.69, 9.17) is 10.5 Å². The minimum Gasteiger partial charge on any atom is -0.465 e. The maximum Gasteiger partial charge on any atom is 0.325 e. The average Bonchev–Trinajstić information content (AvgIpc) is 2.44. The number of hydrogen-bond donors (Lipinski definition) is 1. The molecule has 1 aromatic heterocycles. The number of nitrogens with two attached hydrogens (primary N) is 1. The van der Waals surface area contributed by atoms with Gasteiger partial charge in [0.25, 0.3) is 5.91 Å². The predicted octanol–water partition coefficient (Wildman–Crippen LogP) is 0.954. The molecule has 0 saturated heterocycles. The largest absolute Gasteiger partial charge is 0.465 e. The number of rotatable bonds is 6. The molecule has 0 fully saturated rings. The molecular weight excluding hydrogens is 258 g/mol. The van der Waals surface area contributed by atoms with Gasteiger partial charge in [0.05, 0.1) is 12.3 Å². The molecule has 0 aliphatic carbocycles. The van der Waals surface area contributed by atoms with Gasteiger partial charge in [-0.3, -0.25) is 14.6 Å². The van der Waals surface area contributed by atoms with Gasteiger partial charge in [-0.05, 0) is 32.9 Å². The number of amides is 1. The van der Waals surface area contributed by atoms with E-state index in [9.17, 15) is 9.59 Å². The minimum atomic E-state index is -0.414. The van der Waals surface area contributed by atoms with E-state index >= 15 is 0 Å². The normalized spacial score (nSPS) is 10.4. The summed E-state index contributed by atoms with van der Waals surface area (Å²) in [5.74, 6) is -0.646. The van der Waals surface area contributed by atoms with Crippen molar-refractivity contribution in [2.75, 3.05) is 13.2 Å². The smallest absolute Gasteiger partial charge is 0.325 e. The second-order valence-corrected chi connectivity index (χ2v) is 4.57. The summed E-state index contributed by atoms with van der Waals surface area (Å²) in [5.41, 5.74) is 6.62. The maximum atomic E-state index is 12.4. The minimum absolute atomic E-state index is 0.0649. The van der Waals surface area contributed by atoms with Gasteiger partial charge in [0.15, 0.2) is 0 Å². The Balaban J connectivity index is 2.90. The molecule has 1 aromatic rings. The van der Waals surface area contributed by atoms with Crippen LogP contribution in [-0.4, -0.2) is 41.0 Å². The van der Waals surface area contributed by atoms with E-state index in [1.54, 1.807) is 19.1 Å². The third-order valence-electron chi connectivity index (χ3n) is 2.76. The van der Waals surface area contributed by atoms with Gasteiger partial charge in [-0.25, -0.2) is 0 Å². The summed E-state index contributed by atoms with van der Waals surface area (Å²) in [4.78, 5) is 29.5. The Morgan fingerprint density at radius 1 is 1.45 bits per heavy atom. The molecule has 1 heterocycles. The van der Waals surface area contributed by atoms with Gasteiger partial charge in [-0.2, -0.15) is 0 Å². The Morgan fingerprint density at radius 3 is 2.70 bits per heavy atom. The molecule has 0 radical (unpaired) electrons. The van der Waals surface area contributed by atoms with Crippen molar-refractivity contribution >= 4 is 11.9 Å². The SMILES string of the molecule is CCOC(=O)CN(C(=O)c1ccnc(CN)c1)C(C)C. The van der Waals surface area contributed by atoms with E-state index in [1.807, 2.05) is 13.8 Å². The van der Waals surface area contributed by atoms with Crippen LogP contribution in [0.5, 0.6) is 0 Å². The van der Waals surface area contributed by atoms with Crippen LogP contribution in [-0.2, 0) is 16.1 Å². The molecule has 1 amide bonds. The van der Waals surface area contributed by atoms with E-state index in [0.29, 0.717) is 17.9 Å². The fourth-order valence-corrected chi connectivity index (χ4v) is 1.72. The van der Waals surface area contributed by atoms with Crippen molar-refractivity contribution < 1.29 is 14.3 Å². The number of carbonyl (C=O) groups excluding carboxylic acids is 2. The van der Waals surface area contributed by atoms with Crippen LogP contribution in [0.4, 0.5) is 0 Å². The van der Waals surface area contributed by atoms with Crippen molar-refractivity contribution in [1.82, 2.24) is 9.88 Å². The van der Waals surface area contributed by atoms with Gasteiger partial charge in [-0.1, -0.05) is 0 Å². The van der Waals surface area contributed by atoms with Crippen LogP contribution in [0.25, 0.3) is 0 Å². The van der Waals surface area contributed by atoms with E-state index in [1.165, 1.54) is 11.1 Å². The van der Waals surface area contributed by atoms with Crippen molar-refractivity contribution in [1.29, 1.82) is 0 Å². The summed E-state index contributed by atoms with van der Waals surface area (Å²) in [6, 6.07) is 3.15. The molecule has 20 heavy (non-hydrogen) atoms. The molecule has 0 unspecified atom stereocenters. The highest BCUT2D eigenvalue weighted by Crippen LogP contribution is 2.09. The van der Waals surface area contributed by atoms with Crippen LogP contribution in [0.15, 0.2) is 18.3 Å². The standard InChI is InChI=1S/C14H21N3O3/c1-4-20-13(18)9-17(10(2)3)14(19)11-5-6-16-12(7-11)8-15/h5-7,10H,4,8-9,15H2,1-3H3. The molecule has 6 nitrogen and oxygen atoms in total. The Kier molecular flexibility index (Phi) is 6.11. The molecule has 0 aliphatic rings. The Bertz CT molecular complexity index is 474. The van der Waals surface area contributed by atoms with Crippen LogP contribution in [0.3, 0.4) is 0 Å². The zero-order chi connectivity index (χ0) is 15.1. The third-order valence-corrected chi connectivity index (χ3v) is 2.76. The number of ether oxygens (including phenoxy) is 1. The first-order valence-electron chi connectivity index (χ1n) is 6.61. The highest BCUT2D eigenvalue weighted by molar-refractivity contribution is 5.96. The van der Waals surface area contributed by atoms with Crippen LogP contribution < -0.4 is 5.73 Å². The first-order valence-corrected chi connectivity index (χ1v) is 6.61. The third kappa shape index (κ3) is 4.31. The Labute approximate surface area is 118 Å². The molecule has 0 aromatic carbocycles. The highest BCUT2D eigenvalue weighted by Gasteiger charge is 2.22. The van der Waals surface area contributed by atoms with E-state index < -0.39 is 5.97 Å². The summed E-state index contributed by atoms with van der Waals surface area (Å²) in [6.07, 6.45) is 1.54. The second-order valence-electron chi connectivity index (χ2n) is 4.57. The average molecular weight is 279 g/mol. The van der Waals surface area contributed by atoms with Crippen LogP contribution >= 0.6 is 0 Å². The Morgan fingerprint density at radius 2 is 2.15 bits per heavy atom. The lowest BCUT2D eigenvalue weighted by atomic mass is 10.1. The summed E-state index contributed by atoms with van der Waals surface area (Å²) >= 11 is 0. The summed E-state index contributed by atoms with van der Waals surface area (Å²) in [7, 11) is 0. The van der Waals surface area contributed by atoms with Crippen molar-refractivity contribution in [3.8, 4) is 0 Å².